The molecule has 0 bridgehead atoms. The predicted octanol–water partition coefficient (Wildman–Crippen LogP) is 2.30. The third kappa shape index (κ3) is 2.74. The normalized spacial score (nSPS) is 19.7. The molecule has 1 unspecified atom stereocenters. The third-order valence-corrected chi connectivity index (χ3v) is 5.75. The first-order valence-electron chi connectivity index (χ1n) is 9.99. The summed E-state index contributed by atoms with van der Waals surface area (Å²) in [5, 5.41) is 7.80. The first-order chi connectivity index (χ1) is 13.2. The number of nitrogens with zero attached hydrogens (tertiary/aromatic N) is 6. The molecule has 0 spiro atoms. The van der Waals surface area contributed by atoms with Gasteiger partial charge in [0.1, 0.15) is 17.3 Å². The van der Waals surface area contributed by atoms with Crippen LogP contribution in [-0.4, -0.2) is 34.9 Å². The molecule has 1 atom stereocenters. The summed E-state index contributed by atoms with van der Waals surface area (Å²) in [5.41, 5.74) is 0.848. The van der Waals surface area contributed by atoms with E-state index in [2.05, 4.69) is 17.3 Å². The van der Waals surface area contributed by atoms with Gasteiger partial charge in [0.25, 0.3) is 0 Å². The lowest BCUT2D eigenvalue weighted by atomic mass is 10.1. The van der Waals surface area contributed by atoms with Crippen molar-refractivity contribution in [3.8, 4) is 11.5 Å². The Morgan fingerprint density at radius 2 is 2.11 bits per heavy atom. The van der Waals surface area contributed by atoms with Gasteiger partial charge in [-0.15, -0.1) is 0 Å². The average molecular weight is 367 g/mol. The highest BCUT2D eigenvalue weighted by Gasteiger charge is 2.33. The van der Waals surface area contributed by atoms with E-state index in [0.29, 0.717) is 25.6 Å². The Hall–Kier alpha value is -2.64. The van der Waals surface area contributed by atoms with Gasteiger partial charge in [0.2, 0.25) is 0 Å². The number of rotatable bonds is 5. The van der Waals surface area contributed by atoms with Crippen LogP contribution in [0.4, 0.5) is 5.82 Å². The summed E-state index contributed by atoms with van der Waals surface area (Å²) in [4.78, 5) is 22.9. The summed E-state index contributed by atoms with van der Waals surface area (Å²) in [6.07, 6.45) is 9.41. The fraction of sp³-hybridized carbons (Fsp3) is 0.579. The van der Waals surface area contributed by atoms with E-state index in [1.165, 1.54) is 12.8 Å². The smallest absolute Gasteiger partial charge is 0.331 e. The summed E-state index contributed by atoms with van der Waals surface area (Å²) in [6, 6.07) is 2.03. The summed E-state index contributed by atoms with van der Waals surface area (Å²) in [7, 11) is 0. The van der Waals surface area contributed by atoms with E-state index in [1.807, 2.05) is 26.1 Å². The lowest BCUT2D eigenvalue weighted by Gasteiger charge is -2.13. The van der Waals surface area contributed by atoms with Crippen molar-refractivity contribution < 1.29 is 0 Å². The van der Waals surface area contributed by atoms with E-state index < -0.39 is 0 Å². The number of imidazole rings is 1. The molecule has 1 saturated carbocycles. The van der Waals surface area contributed by atoms with Crippen LogP contribution in [0.15, 0.2) is 23.3 Å². The number of fused-ring (bicyclic) bond motifs is 3. The van der Waals surface area contributed by atoms with E-state index in [-0.39, 0.29) is 11.7 Å². The molecule has 0 aromatic carbocycles. The molecule has 4 aliphatic rings. The molecule has 0 amide bonds. The van der Waals surface area contributed by atoms with E-state index in [1.54, 1.807) is 6.20 Å². The van der Waals surface area contributed by atoms with Crippen LogP contribution >= 0.6 is 0 Å². The fourth-order valence-corrected chi connectivity index (χ4v) is 4.46. The lowest BCUT2D eigenvalue weighted by molar-refractivity contribution is 0.496. The van der Waals surface area contributed by atoms with Gasteiger partial charge in [-0.3, -0.25) is 13.8 Å². The van der Waals surface area contributed by atoms with Crippen molar-refractivity contribution in [1.82, 2.24) is 28.9 Å². The molecule has 1 N–H and O–H groups in total. The van der Waals surface area contributed by atoms with Crippen LogP contribution in [0.3, 0.4) is 0 Å². The minimum Gasteiger partial charge on any atom is -0.363 e. The van der Waals surface area contributed by atoms with E-state index >= 15 is 0 Å². The van der Waals surface area contributed by atoms with Crippen molar-refractivity contribution in [1.29, 1.82) is 0 Å². The van der Waals surface area contributed by atoms with Crippen LogP contribution in [0.5, 0.6) is 0 Å². The monoisotopic (exact) mass is 367 g/mol. The Morgan fingerprint density at radius 3 is 2.85 bits per heavy atom. The van der Waals surface area contributed by atoms with Crippen LogP contribution in [0.1, 0.15) is 50.8 Å². The van der Waals surface area contributed by atoms with Gasteiger partial charge in [-0.2, -0.15) is 5.10 Å². The molecule has 0 saturated heterocycles. The standard InChI is InChI=1S/C19H25N7O/c1-2-9-25-18-15(22-16(23-18)13-6-3-4-7-13)17-21-14(12-26(17)19(25)27)11-24-10-5-8-20-24/h5,8,10,13-14,21H,2-4,6-7,9,11-12H2,1H3. The van der Waals surface area contributed by atoms with Gasteiger partial charge in [-0.1, -0.05) is 19.8 Å². The van der Waals surface area contributed by atoms with Gasteiger partial charge in [0, 0.05) is 24.9 Å². The van der Waals surface area contributed by atoms with Crippen molar-refractivity contribution in [3.05, 3.63) is 34.8 Å². The molecule has 8 heteroatoms. The lowest BCUT2D eigenvalue weighted by Crippen LogP contribution is -2.32. The quantitative estimate of drug-likeness (QED) is 0.748. The highest BCUT2D eigenvalue weighted by atomic mass is 16.1. The zero-order valence-electron chi connectivity index (χ0n) is 15.6. The maximum atomic E-state index is 13.1. The van der Waals surface area contributed by atoms with Crippen molar-refractivity contribution in [2.75, 3.05) is 5.32 Å². The molecular formula is C19H25N7O. The highest BCUT2D eigenvalue weighted by molar-refractivity contribution is 5.69. The van der Waals surface area contributed by atoms with Gasteiger partial charge in [-0.25, -0.2) is 14.8 Å². The molecule has 27 heavy (non-hydrogen) atoms. The second-order valence-electron chi connectivity index (χ2n) is 7.70. The second kappa shape index (κ2) is 6.51. The number of anilines is 1. The number of nitrogens with one attached hydrogen (secondary N) is 1. The predicted molar refractivity (Wildman–Crippen MR) is 102 cm³/mol. The zero-order chi connectivity index (χ0) is 18.4. The van der Waals surface area contributed by atoms with Crippen LogP contribution < -0.4 is 11.0 Å². The summed E-state index contributed by atoms with van der Waals surface area (Å²) >= 11 is 0. The summed E-state index contributed by atoms with van der Waals surface area (Å²) in [5.74, 6) is 2.90. The highest BCUT2D eigenvalue weighted by Crippen LogP contribution is 2.37. The maximum Gasteiger partial charge on any atom is 0.331 e. The Kier molecular flexibility index (Phi) is 3.98. The Bertz CT molecular complexity index is 965. The Labute approximate surface area is 157 Å². The van der Waals surface area contributed by atoms with Crippen molar-refractivity contribution in [2.45, 2.75) is 70.6 Å². The van der Waals surface area contributed by atoms with Gasteiger partial charge in [0.15, 0.2) is 5.82 Å². The van der Waals surface area contributed by atoms with Crippen molar-refractivity contribution in [2.24, 2.45) is 0 Å². The number of aromatic nitrogens is 6. The summed E-state index contributed by atoms with van der Waals surface area (Å²) < 4.78 is 5.54. The largest absolute Gasteiger partial charge is 0.363 e. The molecule has 0 radical (unpaired) electrons. The first-order valence-corrected chi connectivity index (χ1v) is 9.99. The maximum absolute atomic E-state index is 13.1. The Morgan fingerprint density at radius 1 is 1.26 bits per heavy atom. The fourth-order valence-electron chi connectivity index (χ4n) is 4.46. The van der Waals surface area contributed by atoms with Gasteiger partial charge < -0.3 is 5.32 Å². The minimum atomic E-state index is 0.00712. The first kappa shape index (κ1) is 16.5. The summed E-state index contributed by atoms with van der Waals surface area (Å²) in [6.45, 7) is 4.09. The minimum absolute atomic E-state index is 0.00712. The Balaban J connectivity index is 1.57. The molecule has 1 aromatic heterocycles. The van der Waals surface area contributed by atoms with Gasteiger partial charge in [-0.05, 0) is 25.3 Å². The van der Waals surface area contributed by atoms with E-state index in [4.69, 9.17) is 9.97 Å². The molecule has 4 heterocycles. The molecule has 1 aromatic rings. The zero-order valence-corrected chi connectivity index (χ0v) is 15.6. The average Bonchev–Trinajstić information content (AvgIpc) is 3.44. The molecule has 1 aliphatic carbocycles. The molecule has 3 aliphatic heterocycles. The van der Waals surface area contributed by atoms with Gasteiger partial charge >= 0.3 is 5.69 Å². The third-order valence-electron chi connectivity index (χ3n) is 5.75. The number of hydrogen-bond donors (Lipinski definition) is 1. The molecule has 1 fully saturated rings. The van der Waals surface area contributed by atoms with E-state index in [9.17, 15) is 4.79 Å². The van der Waals surface area contributed by atoms with Crippen LogP contribution in [0.2, 0.25) is 0 Å². The SMILES string of the molecule is CCCn1c2nc(C3CCCC3)nc-2c2n(c1=O)CC(Cn1cccn1)N2. The van der Waals surface area contributed by atoms with Crippen LogP contribution in [0, 0.1) is 0 Å². The van der Waals surface area contributed by atoms with Crippen molar-refractivity contribution in [3.63, 3.8) is 0 Å². The van der Waals surface area contributed by atoms with Crippen molar-refractivity contribution >= 4 is 5.82 Å². The molecule has 5 rings (SSSR count). The van der Waals surface area contributed by atoms with Gasteiger partial charge in [0.05, 0.1) is 19.1 Å². The molecular weight excluding hydrogens is 342 g/mol. The topological polar surface area (TPSA) is 82.6 Å². The molecule has 8 nitrogen and oxygen atoms in total. The number of hydrogen-bond acceptors (Lipinski definition) is 5. The molecule has 142 valence electrons. The van der Waals surface area contributed by atoms with Crippen LogP contribution in [0.25, 0.3) is 11.5 Å². The van der Waals surface area contributed by atoms with E-state index in [0.717, 1.165) is 42.4 Å². The second-order valence-corrected chi connectivity index (χ2v) is 7.70. The van der Waals surface area contributed by atoms with Crippen LogP contribution in [-0.2, 0) is 19.6 Å².